The summed E-state index contributed by atoms with van der Waals surface area (Å²) in [4.78, 5) is 0. The first-order valence-corrected chi connectivity index (χ1v) is 7.16. The molecule has 0 saturated carbocycles. The predicted molar refractivity (Wildman–Crippen MR) is 79.5 cm³/mol. The van der Waals surface area contributed by atoms with Gasteiger partial charge in [-0.3, -0.25) is 0 Å². The Hall–Kier alpha value is 1.30. The highest BCUT2D eigenvalue weighted by molar-refractivity contribution is 14.1. The smallest absolute Gasteiger partial charge is 0.110 e. The van der Waals surface area contributed by atoms with Crippen LogP contribution in [0.1, 0.15) is 20.8 Å². The molecule has 0 rings (SSSR count). The first kappa shape index (κ1) is 16.3. The molecule has 0 bridgehead atoms. The van der Waals surface area contributed by atoms with Gasteiger partial charge in [0.1, 0.15) is 29.1 Å². The molecule has 0 aromatic carbocycles. The third-order valence-corrected chi connectivity index (χ3v) is 2.97. The number of nitrogens with one attached hydrogen (secondary N) is 2. The van der Waals surface area contributed by atoms with Crippen LogP contribution >= 0.6 is 45.6 Å². The van der Waals surface area contributed by atoms with Gasteiger partial charge in [0.05, 0.1) is 10.2 Å². The monoisotopic (exact) mass is 442 g/mol. The predicted octanol–water partition coefficient (Wildman–Crippen LogP) is 1.45. The third-order valence-electron chi connectivity index (χ3n) is 1.88. The summed E-state index contributed by atoms with van der Waals surface area (Å²) in [6, 6.07) is 0.405. The Kier molecular flexibility index (Phi) is 10.2. The van der Waals surface area contributed by atoms with Gasteiger partial charge in [0.15, 0.2) is 0 Å². The van der Waals surface area contributed by atoms with Gasteiger partial charge in [-0.05, 0) is 6.92 Å². The quantitative estimate of drug-likeness (QED) is 0.303. The maximum atomic E-state index is 9.84. The van der Waals surface area contributed by atoms with Crippen LogP contribution in [0.15, 0.2) is 0 Å². The van der Waals surface area contributed by atoms with Crippen molar-refractivity contribution in [2.24, 2.45) is 0 Å². The standard InChI is InChI=1S/C9H20I2N2O2/c1-6(2)12-5-9(15-11)8(14)4-13-7(3)10/h6-9,12-14H,4-5H2,1-3H3. The van der Waals surface area contributed by atoms with Crippen LogP contribution in [0.3, 0.4) is 0 Å². The first-order valence-electron chi connectivity index (χ1n) is 5.03. The van der Waals surface area contributed by atoms with Crippen molar-refractivity contribution in [3.05, 3.63) is 0 Å². The number of hydrogen-bond acceptors (Lipinski definition) is 4. The SMILES string of the molecule is CC(C)NCC(OI)C(O)CNC(C)I. The Morgan fingerprint density at radius 3 is 2.20 bits per heavy atom. The highest BCUT2D eigenvalue weighted by atomic mass is 127. The van der Waals surface area contributed by atoms with Gasteiger partial charge in [-0.2, -0.15) is 0 Å². The average Bonchev–Trinajstić information content (AvgIpc) is 2.15. The van der Waals surface area contributed by atoms with Crippen LogP contribution < -0.4 is 10.6 Å². The van der Waals surface area contributed by atoms with Gasteiger partial charge in [0, 0.05) is 19.1 Å². The van der Waals surface area contributed by atoms with Crippen molar-refractivity contribution in [1.82, 2.24) is 10.6 Å². The molecule has 0 aliphatic rings. The van der Waals surface area contributed by atoms with E-state index in [-0.39, 0.29) is 6.10 Å². The lowest BCUT2D eigenvalue weighted by Crippen LogP contribution is -2.44. The molecule has 0 amide bonds. The fourth-order valence-corrected chi connectivity index (χ4v) is 1.77. The van der Waals surface area contributed by atoms with Gasteiger partial charge in [-0.15, -0.1) is 0 Å². The first-order chi connectivity index (χ1) is 6.97. The summed E-state index contributed by atoms with van der Waals surface area (Å²) in [7, 11) is 0. The highest BCUT2D eigenvalue weighted by Gasteiger charge is 2.19. The number of alkyl halides is 1. The van der Waals surface area contributed by atoms with Crippen LogP contribution in [-0.2, 0) is 3.07 Å². The average molecular weight is 442 g/mol. The van der Waals surface area contributed by atoms with Crippen LogP contribution in [-0.4, -0.2) is 40.5 Å². The van der Waals surface area contributed by atoms with Crippen molar-refractivity contribution in [3.8, 4) is 0 Å². The summed E-state index contributed by atoms with van der Waals surface area (Å²) < 4.78 is 5.56. The molecule has 92 valence electrons. The molecule has 0 spiro atoms. The summed E-state index contributed by atoms with van der Waals surface area (Å²) in [5.74, 6) is 0. The second kappa shape index (κ2) is 9.34. The summed E-state index contributed by atoms with van der Waals surface area (Å²) in [6.07, 6.45) is -0.652. The lowest BCUT2D eigenvalue weighted by Gasteiger charge is -2.22. The number of aliphatic hydroxyl groups is 1. The molecule has 0 saturated heterocycles. The van der Waals surface area contributed by atoms with Crippen LogP contribution in [0.2, 0.25) is 0 Å². The lowest BCUT2D eigenvalue weighted by atomic mass is 10.2. The Labute approximate surface area is 120 Å². The van der Waals surface area contributed by atoms with E-state index in [1.165, 1.54) is 0 Å². The number of rotatable bonds is 8. The third kappa shape index (κ3) is 9.04. The zero-order chi connectivity index (χ0) is 11.8. The normalized spacial score (nSPS) is 17.8. The molecule has 0 aliphatic carbocycles. The van der Waals surface area contributed by atoms with Gasteiger partial charge < -0.3 is 18.8 Å². The van der Waals surface area contributed by atoms with Crippen molar-refractivity contribution < 1.29 is 8.17 Å². The molecular formula is C9H20I2N2O2. The van der Waals surface area contributed by atoms with Crippen LogP contribution in [0.25, 0.3) is 0 Å². The molecule has 0 aliphatic heterocycles. The molecule has 0 fully saturated rings. The summed E-state index contributed by atoms with van der Waals surface area (Å²) in [6.45, 7) is 7.40. The molecule has 3 N–H and O–H groups in total. The van der Waals surface area contributed by atoms with Gasteiger partial charge in [-0.25, -0.2) is 0 Å². The fraction of sp³-hybridized carbons (Fsp3) is 1.00. The summed E-state index contributed by atoms with van der Waals surface area (Å²) in [5.41, 5.74) is 0. The minimum atomic E-state index is -0.481. The Morgan fingerprint density at radius 1 is 1.20 bits per heavy atom. The Morgan fingerprint density at radius 2 is 1.80 bits per heavy atom. The molecule has 3 unspecified atom stereocenters. The molecule has 0 heterocycles. The molecular weight excluding hydrogens is 422 g/mol. The van der Waals surface area contributed by atoms with Crippen LogP contribution in [0, 0.1) is 0 Å². The van der Waals surface area contributed by atoms with Crippen LogP contribution in [0.4, 0.5) is 0 Å². The lowest BCUT2D eigenvalue weighted by molar-refractivity contribution is 0.0613. The molecule has 0 radical (unpaired) electrons. The van der Waals surface area contributed by atoms with E-state index in [0.29, 0.717) is 23.2 Å². The molecule has 15 heavy (non-hydrogen) atoms. The number of halogens is 2. The van der Waals surface area contributed by atoms with E-state index in [9.17, 15) is 5.11 Å². The summed E-state index contributed by atoms with van der Waals surface area (Å²) >= 11 is 4.10. The van der Waals surface area contributed by atoms with Crippen molar-refractivity contribution in [3.63, 3.8) is 0 Å². The second-order valence-corrected chi connectivity index (χ2v) is 6.16. The topological polar surface area (TPSA) is 53.5 Å². The second-order valence-electron chi connectivity index (χ2n) is 3.78. The maximum absolute atomic E-state index is 9.84. The van der Waals surface area contributed by atoms with Gasteiger partial charge >= 0.3 is 0 Å². The summed E-state index contributed by atoms with van der Waals surface area (Å²) in [5, 5.41) is 16.3. The molecule has 0 aromatic rings. The maximum Gasteiger partial charge on any atom is 0.110 e. The van der Waals surface area contributed by atoms with Crippen LogP contribution in [0.5, 0.6) is 0 Å². The fourth-order valence-electron chi connectivity index (χ4n) is 0.993. The van der Waals surface area contributed by atoms with Crippen molar-refractivity contribution in [1.29, 1.82) is 0 Å². The molecule has 4 nitrogen and oxygen atoms in total. The minimum absolute atomic E-state index is 0.171. The van der Waals surface area contributed by atoms with E-state index in [2.05, 4.69) is 47.1 Å². The van der Waals surface area contributed by atoms with E-state index in [4.69, 9.17) is 3.07 Å². The zero-order valence-electron chi connectivity index (χ0n) is 9.34. The highest BCUT2D eigenvalue weighted by Crippen LogP contribution is 2.04. The van der Waals surface area contributed by atoms with E-state index < -0.39 is 6.10 Å². The molecule has 3 atom stereocenters. The molecule has 0 aromatic heterocycles. The van der Waals surface area contributed by atoms with Crippen molar-refractivity contribution in [2.45, 2.75) is 43.1 Å². The number of hydrogen-bond donors (Lipinski definition) is 3. The zero-order valence-corrected chi connectivity index (χ0v) is 13.7. The Bertz CT molecular complexity index is 159. The van der Waals surface area contributed by atoms with E-state index in [1.807, 2.05) is 29.9 Å². The van der Waals surface area contributed by atoms with E-state index >= 15 is 0 Å². The van der Waals surface area contributed by atoms with Gasteiger partial charge in [0.25, 0.3) is 0 Å². The van der Waals surface area contributed by atoms with Crippen molar-refractivity contribution >= 4 is 45.6 Å². The molecule has 6 heteroatoms. The van der Waals surface area contributed by atoms with Gasteiger partial charge in [0.2, 0.25) is 0 Å². The van der Waals surface area contributed by atoms with Crippen molar-refractivity contribution in [2.75, 3.05) is 13.1 Å². The van der Waals surface area contributed by atoms with E-state index in [0.717, 1.165) is 0 Å². The minimum Gasteiger partial charge on any atom is -0.389 e. The Balaban J connectivity index is 3.82. The van der Waals surface area contributed by atoms with Gasteiger partial charge in [-0.1, -0.05) is 36.4 Å². The number of aliphatic hydroxyl groups excluding tert-OH is 1. The van der Waals surface area contributed by atoms with E-state index in [1.54, 1.807) is 0 Å². The largest absolute Gasteiger partial charge is 0.389 e.